The van der Waals surface area contributed by atoms with E-state index in [1.807, 2.05) is 13.1 Å². The smallest absolute Gasteiger partial charge is 0.109 e. The topological polar surface area (TPSA) is 38.1 Å². The number of aryl methyl sites for hydroxylation is 1. The first-order valence-electron chi connectivity index (χ1n) is 5.75. The Morgan fingerprint density at radius 3 is 2.80 bits per heavy atom. The van der Waals surface area contributed by atoms with E-state index < -0.39 is 5.60 Å². The molecule has 0 aliphatic heterocycles. The van der Waals surface area contributed by atoms with Gasteiger partial charge in [0.2, 0.25) is 0 Å². The maximum atomic E-state index is 10.7. The lowest BCUT2D eigenvalue weighted by Crippen LogP contribution is -2.40. The molecular formula is C12H20N2O. The van der Waals surface area contributed by atoms with Crippen molar-refractivity contribution in [1.82, 2.24) is 9.78 Å². The van der Waals surface area contributed by atoms with Crippen LogP contribution in [0, 0.1) is 11.8 Å². The molecule has 1 aliphatic rings. The van der Waals surface area contributed by atoms with Gasteiger partial charge in [-0.3, -0.25) is 4.68 Å². The Morgan fingerprint density at radius 1 is 1.53 bits per heavy atom. The predicted molar refractivity (Wildman–Crippen MR) is 59.3 cm³/mol. The van der Waals surface area contributed by atoms with E-state index in [4.69, 9.17) is 0 Å². The van der Waals surface area contributed by atoms with Gasteiger partial charge in [-0.2, -0.15) is 5.10 Å². The minimum absolute atomic E-state index is 0.316. The van der Waals surface area contributed by atoms with Crippen LogP contribution in [-0.4, -0.2) is 14.9 Å². The fraction of sp³-hybridized carbons (Fsp3) is 0.750. The molecule has 1 aromatic rings. The molecule has 1 fully saturated rings. The van der Waals surface area contributed by atoms with E-state index in [0.717, 1.165) is 30.9 Å². The van der Waals surface area contributed by atoms with Crippen molar-refractivity contribution < 1.29 is 5.11 Å². The Labute approximate surface area is 91.1 Å². The number of nitrogens with zero attached hydrogens (tertiary/aromatic N) is 2. The number of aromatic nitrogens is 2. The molecule has 3 atom stereocenters. The van der Waals surface area contributed by atoms with Crippen LogP contribution < -0.4 is 0 Å². The number of rotatable bonds is 1. The second-order valence-electron chi connectivity index (χ2n) is 5.04. The van der Waals surface area contributed by atoms with Crippen LogP contribution in [-0.2, 0) is 12.6 Å². The molecule has 1 aromatic heterocycles. The van der Waals surface area contributed by atoms with Gasteiger partial charge in [-0.1, -0.05) is 13.8 Å². The highest BCUT2D eigenvalue weighted by molar-refractivity contribution is 5.14. The summed E-state index contributed by atoms with van der Waals surface area (Å²) in [4.78, 5) is 0. The van der Waals surface area contributed by atoms with Gasteiger partial charge in [0.1, 0.15) is 5.60 Å². The molecule has 0 radical (unpaired) electrons. The Kier molecular flexibility index (Phi) is 2.59. The van der Waals surface area contributed by atoms with Crippen molar-refractivity contribution >= 4 is 0 Å². The van der Waals surface area contributed by atoms with E-state index in [2.05, 4.69) is 18.9 Å². The van der Waals surface area contributed by atoms with Crippen molar-refractivity contribution in [2.24, 2.45) is 18.9 Å². The number of hydrogen-bond donors (Lipinski definition) is 1. The zero-order valence-electron chi connectivity index (χ0n) is 9.77. The van der Waals surface area contributed by atoms with Crippen LogP contribution in [0.1, 0.15) is 38.8 Å². The minimum Gasteiger partial charge on any atom is -0.383 e. The third kappa shape index (κ3) is 1.69. The number of aliphatic hydroxyl groups is 1. The minimum atomic E-state index is -0.669. The number of hydrogen-bond acceptors (Lipinski definition) is 2. The molecule has 0 saturated heterocycles. The largest absolute Gasteiger partial charge is 0.383 e. The highest BCUT2D eigenvalue weighted by Gasteiger charge is 2.41. The van der Waals surface area contributed by atoms with Crippen LogP contribution in [0.15, 0.2) is 12.3 Å². The molecule has 0 spiro atoms. The summed E-state index contributed by atoms with van der Waals surface area (Å²) >= 11 is 0. The summed E-state index contributed by atoms with van der Waals surface area (Å²) in [7, 11) is 1.90. The van der Waals surface area contributed by atoms with E-state index in [1.54, 1.807) is 10.9 Å². The first kappa shape index (κ1) is 10.7. The van der Waals surface area contributed by atoms with Gasteiger partial charge in [0, 0.05) is 13.2 Å². The first-order chi connectivity index (χ1) is 7.04. The van der Waals surface area contributed by atoms with Gasteiger partial charge in [-0.25, -0.2) is 0 Å². The van der Waals surface area contributed by atoms with E-state index in [9.17, 15) is 5.11 Å². The van der Waals surface area contributed by atoms with E-state index in [-0.39, 0.29) is 0 Å². The highest BCUT2D eigenvalue weighted by atomic mass is 16.3. The summed E-state index contributed by atoms with van der Waals surface area (Å²) < 4.78 is 1.80. The van der Waals surface area contributed by atoms with E-state index >= 15 is 0 Å². The molecule has 84 valence electrons. The van der Waals surface area contributed by atoms with Gasteiger partial charge < -0.3 is 5.11 Å². The first-order valence-corrected chi connectivity index (χ1v) is 5.75. The monoisotopic (exact) mass is 208 g/mol. The molecule has 0 amide bonds. The van der Waals surface area contributed by atoms with E-state index in [0.29, 0.717) is 5.92 Å². The van der Waals surface area contributed by atoms with Gasteiger partial charge in [0.05, 0.1) is 5.69 Å². The van der Waals surface area contributed by atoms with Crippen molar-refractivity contribution in [2.75, 3.05) is 0 Å². The van der Waals surface area contributed by atoms with Crippen LogP contribution in [0.4, 0.5) is 0 Å². The SMILES string of the molecule is CC1CCC(O)(c2ccnn2C)C(C)C1. The Balaban J connectivity index is 2.30. The van der Waals surface area contributed by atoms with Crippen molar-refractivity contribution in [3.8, 4) is 0 Å². The summed E-state index contributed by atoms with van der Waals surface area (Å²) in [6.07, 6.45) is 4.82. The van der Waals surface area contributed by atoms with Gasteiger partial charge in [0.25, 0.3) is 0 Å². The zero-order valence-corrected chi connectivity index (χ0v) is 9.77. The maximum Gasteiger partial charge on any atom is 0.109 e. The summed E-state index contributed by atoms with van der Waals surface area (Å²) in [5.74, 6) is 1.05. The molecule has 3 nitrogen and oxygen atoms in total. The summed E-state index contributed by atoms with van der Waals surface area (Å²) in [6.45, 7) is 4.40. The molecule has 2 rings (SSSR count). The average molecular weight is 208 g/mol. The zero-order chi connectivity index (χ0) is 11.1. The average Bonchev–Trinajstić information content (AvgIpc) is 2.59. The van der Waals surface area contributed by atoms with Crippen molar-refractivity contribution in [3.05, 3.63) is 18.0 Å². The van der Waals surface area contributed by atoms with Gasteiger partial charge in [-0.05, 0) is 37.2 Å². The van der Waals surface area contributed by atoms with Crippen molar-refractivity contribution in [3.63, 3.8) is 0 Å². The molecule has 1 N–H and O–H groups in total. The van der Waals surface area contributed by atoms with Crippen LogP contribution in [0.3, 0.4) is 0 Å². The molecular weight excluding hydrogens is 188 g/mol. The molecule has 15 heavy (non-hydrogen) atoms. The Morgan fingerprint density at radius 2 is 2.27 bits per heavy atom. The fourth-order valence-corrected chi connectivity index (χ4v) is 2.81. The summed E-state index contributed by atoms with van der Waals surface area (Å²) in [6, 6.07) is 1.94. The molecule has 3 unspecified atom stereocenters. The van der Waals surface area contributed by atoms with Crippen LogP contribution in [0.5, 0.6) is 0 Å². The third-order valence-corrected chi connectivity index (χ3v) is 3.85. The van der Waals surface area contributed by atoms with Crippen LogP contribution >= 0.6 is 0 Å². The standard InChI is InChI=1S/C12H20N2O/c1-9-4-6-12(15,10(2)8-9)11-5-7-13-14(11)3/h5,7,9-10,15H,4,6,8H2,1-3H3. The van der Waals surface area contributed by atoms with Crippen molar-refractivity contribution in [1.29, 1.82) is 0 Å². The second-order valence-corrected chi connectivity index (χ2v) is 5.04. The normalized spacial score (nSPS) is 36.8. The van der Waals surface area contributed by atoms with Gasteiger partial charge in [0.15, 0.2) is 0 Å². The molecule has 0 aromatic carbocycles. The second kappa shape index (κ2) is 3.63. The van der Waals surface area contributed by atoms with Crippen molar-refractivity contribution in [2.45, 2.75) is 38.7 Å². The highest BCUT2D eigenvalue weighted by Crippen LogP contribution is 2.43. The third-order valence-electron chi connectivity index (χ3n) is 3.85. The summed E-state index contributed by atoms with van der Waals surface area (Å²) in [5, 5.41) is 14.9. The van der Waals surface area contributed by atoms with Gasteiger partial charge >= 0.3 is 0 Å². The predicted octanol–water partition coefficient (Wildman–Crippen LogP) is 2.06. The van der Waals surface area contributed by atoms with Crippen LogP contribution in [0.2, 0.25) is 0 Å². The lowest BCUT2D eigenvalue weighted by molar-refractivity contribution is -0.0648. The lowest BCUT2D eigenvalue weighted by Gasteiger charge is -2.40. The quantitative estimate of drug-likeness (QED) is 0.767. The molecule has 0 bridgehead atoms. The molecule has 3 heteroatoms. The lowest BCUT2D eigenvalue weighted by atomic mass is 9.71. The van der Waals surface area contributed by atoms with Crippen LogP contribution in [0.25, 0.3) is 0 Å². The molecule has 1 heterocycles. The molecule has 1 saturated carbocycles. The fourth-order valence-electron chi connectivity index (χ4n) is 2.81. The maximum absolute atomic E-state index is 10.7. The van der Waals surface area contributed by atoms with E-state index in [1.165, 1.54) is 0 Å². The Hall–Kier alpha value is -0.830. The Bertz CT molecular complexity index is 347. The summed E-state index contributed by atoms with van der Waals surface area (Å²) in [5.41, 5.74) is 0.291. The van der Waals surface area contributed by atoms with Gasteiger partial charge in [-0.15, -0.1) is 0 Å². The molecule has 1 aliphatic carbocycles.